The van der Waals surface area contributed by atoms with Crippen molar-refractivity contribution in [3.8, 4) is 5.75 Å². The number of hydrogen-bond donors (Lipinski definition) is 2. The van der Waals surface area contributed by atoms with Gasteiger partial charge in [0, 0.05) is 22.8 Å². The van der Waals surface area contributed by atoms with E-state index < -0.39 is 5.91 Å². The maximum Gasteiger partial charge on any atom is 0.233 e. The number of hydrogen-bond acceptors (Lipinski definition) is 3. The van der Waals surface area contributed by atoms with Crippen molar-refractivity contribution < 1.29 is 14.3 Å². The van der Waals surface area contributed by atoms with Gasteiger partial charge in [-0.2, -0.15) is 0 Å². The summed E-state index contributed by atoms with van der Waals surface area (Å²) in [7, 11) is 1.57. The van der Waals surface area contributed by atoms with Gasteiger partial charge >= 0.3 is 0 Å². The van der Waals surface area contributed by atoms with Crippen molar-refractivity contribution in [3.05, 3.63) is 58.6 Å². The Labute approximate surface area is 146 Å². The lowest BCUT2D eigenvalue weighted by atomic mass is 10.2. The number of carbonyl (C=O) groups excluding carboxylic acids is 2. The van der Waals surface area contributed by atoms with E-state index in [9.17, 15) is 9.59 Å². The van der Waals surface area contributed by atoms with Crippen molar-refractivity contribution in [1.29, 1.82) is 0 Å². The molecule has 0 saturated carbocycles. The highest BCUT2D eigenvalue weighted by atomic mass is 35.5. The molecule has 2 N–H and O–H groups in total. The normalized spacial score (nSPS) is 10.1. The van der Waals surface area contributed by atoms with E-state index in [4.69, 9.17) is 16.3 Å². The molecule has 2 amide bonds. The van der Waals surface area contributed by atoms with Gasteiger partial charge in [-0.3, -0.25) is 9.59 Å². The number of amides is 2. The fourth-order valence-corrected chi connectivity index (χ4v) is 2.36. The van der Waals surface area contributed by atoms with Gasteiger partial charge in [0.05, 0.1) is 7.11 Å². The average molecular weight is 347 g/mol. The van der Waals surface area contributed by atoms with E-state index in [-0.39, 0.29) is 12.3 Å². The molecule has 24 heavy (non-hydrogen) atoms. The Bertz CT molecular complexity index is 747. The lowest BCUT2D eigenvalue weighted by Crippen LogP contribution is -2.28. The van der Waals surface area contributed by atoms with Gasteiger partial charge in [-0.1, -0.05) is 35.9 Å². The zero-order valence-electron chi connectivity index (χ0n) is 13.6. The van der Waals surface area contributed by atoms with Crippen LogP contribution < -0.4 is 15.4 Å². The van der Waals surface area contributed by atoms with E-state index in [1.807, 2.05) is 24.3 Å². The summed E-state index contributed by atoms with van der Waals surface area (Å²) in [6, 6.07) is 12.6. The molecular formula is C18H19ClN2O3. The van der Waals surface area contributed by atoms with Crippen molar-refractivity contribution in [2.45, 2.75) is 19.9 Å². The molecule has 5 nitrogen and oxygen atoms in total. The summed E-state index contributed by atoms with van der Waals surface area (Å²) in [5.41, 5.74) is 2.21. The highest BCUT2D eigenvalue weighted by Gasteiger charge is 2.12. The van der Waals surface area contributed by atoms with Gasteiger partial charge in [-0.05, 0) is 30.7 Å². The molecule has 0 aliphatic carbocycles. The third-order valence-corrected chi connectivity index (χ3v) is 3.94. The molecular weight excluding hydrogens is 328 g/mol. The Morgan fingerprint density at radius 3 is 2.58 bits per heavy atom. The first-order valence-electron chi connectivity index (χ1n) is 7.45. The molecule has 2 aromatic rings. The summed E-state index contributed by atoms with van der Waals surface area (Å²) in [5, 5.41) is 5.97. The second kappa shape index (κ2) is 8.36. The van der Waals surface area contributed by atoms with Crippen molar-refractivity contribution in [1.82, 2.24) is 5.32 Å². The molecule has 0 aliphatic heterocycles. The molecule has 0 saturated heterocycles. The predicted molar refractivity (Wildman–Crippen MR) is 94.3 cm³/mol. The SMILES string of the molecule is COc1ccccc1CNC(=O)CC(=O)Nc1cccc(Cl)c1C. The minimum absolute atomic E-state index is 0.263. The zero-order valence-corrected chi connectivity index (χ0v) is 14.3. The van der Waals surface area contributed by atoms with Gasteiger partial charge in [0.25, 0.3) is 0 Å². The predicted octanol–water partition coefficient (Wildman–Crippen LogP) is 3.30. The lowest BCUT2D eigenvalue weighted by molar-refractivity contribution is -0.126. The van der Waals surface area contributed by atoms with Crippen LogP contribution in [0.5, 0.6) is 5.75 Å². The Morgan fingerprint density at radius 1 is 1.08 bits per heavy atom. The maximum atomic E-state index is 12.0. The molecule has 0 heterocycles. The number of rotatable bonds is 6. The Morgan fingerprint density at radius 2 is 1.83 bits per heavy atom. The topological polar surface area (TPSA) is 67.4 Å². The van der Waals surface area contributed by atoms with Crippen LogP contribution in [-0.2, 0) is 16.1 Å². The lowest BCUT2D eigenvalue weighted by Gasteiger charge is -2.11. The molecule has 0 spiro atoms. The fraction of sp³-hybridized carbons (Fsp3) is 0.222. The molecule has 0 atom stereocenters. The first-order valence-corrected chi connectivity index (χ1v) is 7.82. The summed E-state index contributed by atoms with van der Waals surface area (Å²) in [6.07, 6.45) is -0.263. The number of carbonyl (C=O) groups is 2. The van der Waals surface area contributed by atoms with Crippen LogP contribution in [0.2, 0.25) is 5.02 Å². The van der Waals surface area contributed by atoms with Crippen LogP contribution in [-0.4, -0.2) is 18.9 Å². The summed E-state index contributed by atoms with van der Waals surface area (Å²) in [6.45, 7) is 2.10. The second-order valence-electron chi connectivity index (χ2n) is 5.23. The summed E-state index contributed by atoms with van der Waals surface area (Å²) < 4.78 is 5.22. The van der Waals surface area contributed by atoms with E-state index in [1.165, 1.54) is 0 Å². The van der Waals surface area contributed by atoms with Gasteiger partial charge in [-0.25, -0.2) is 0 Å². The number of halogens is 1. The van der Waals surface area contributed by atoms with Crippen LogP contribution in [0, 0.1) is 6.92 Å². The summed E-state index contributed by atoms with van der Waals surface area (Å²) in [4.78, 5) is 23.9. The minimum Gasteiger partial charge on any atom is -0.496 e. The van der Waals surface area contributed by atoms with Crippen molar-refractivity contribution >= 4 is 29.1 Å². The van der Waals surface area contributed by atoms with Crippen molar-refractivity contribution in [3.63, 3.8) is 0 Å². The first-order chi connectivity index (χ1) is 11.5. The minimum atomic E-state index is -0.391. The number of anilines is 1. The van der Waals surface area contributed by atoms with Crippen LogP contribution in [0.25, 0.3) is 0 Å². The molecule has 2 rings (SSSR count). The van der Waals surface area contributed by atoms with Crippen LogP contribution in [0.3, 0.4) is 0 Å². The number of para-hydroxylation sites is 1. The van der Waals surface area contributed by atoms with Crippen molar-refractivity contribution in [2.24, 2.45) is 0 Å². The quantitative estimate of drug-likeness (QED) is 0.788. The van der Waals surface area contributed by atoms with Gasteiger partial charge in [-0.15, -0.1) is 0 Å². The van der Waals surface area contributed by atoms with E-state index in [2.05, 4.69) is 10.6 Å². The van der Waals surface area contributed by atoms with Gasteiger partial charge in [0.2, 0.25) is 11.8 Å². The molecule has 0 aromatic heterocycles. The van der Waals surface area contributed by atoms with Gasteiger partial charge < -0.3 is 15.4 Å². The van der Waals surface area contributed by atoms with Crippen LogP contribution in [0.4, 0.5) is 5.69 Å². The number of methoxy groups -OCH3 is 1. The Balaban J connectivity index is 1.88. The molecule has 0 bridgehead atoms. The molecule has 6 heteroatoms. The first kappa shape index (κ1) is 17.8. The van der Waals surface area contributed by atoms with E-state index in [0.717, 1.165) is 11.1 Å². The second-order valence-corrected chi connectivity index (χ2v) is 5.63. The smallest absolute Gasteiger partial charge is 0.233 e. The fourth-order valence-electron chi connectivity index (χ4n) is 2.19. The largest absolute Gasteiger partial charge is 0.496 e. The van der Waals surface area contributed by atoms with E-state index in [1.54, 1.807) is 32.2 Å². The van der Waals surface area contributed by atoms with E-state index >= 15 is 0 Å². The van der Waals surface area contributed by atoms with Gasteiger partial charge in [0.15, 0.2) is 0 Å². The van der Waals surface area contributed by atoms with Gasteiger partial charge in [0.1, 0.15) is 12.2 Å². The molecule has 2 aromatic carbocycles. The molecule has 0 unspecified atom stereocenters. The van der Waals surface area contributed by atoms with E-state index in [0.29, 0.717) is 23.0 Å². The van der Waals surface area contributed by atoms with Crippen LogP contribution in [0.15, 0.2) is 42.5 Å². The molecule has 0 radical (unpaired) electrons. The summed E-state index contributed by atoms with van der Waals surface area (Å²) in [5.74, 6) is -0.0622. The highest BCUT2D eigenvalue weighted by Crippen LogP contribution is 2.23. The standard InChI is InChI=1S/C18H19ClN2O3/c1-12-14(19)7-5-8-15(12)21-18(23)10-17(22)20-11-13-6-3-4-9-16(13)24-2/h3-9H,10-11H2,1-2H3,(H,20,22)(H,21,23). The maximum absolute atomic E-state index is 12.0. The monoisotopic (exact) mass is 346 g/mol. The molecule has 0 aliphatic rings. The Kier molecular flexibility index (Phi) is 6.21. The van der Waals surface area contributed by atoms with Crippen LogP contribution >= 0.6 is 11.6 Å². The average Bonchev–Trinajstić information content (AvgIpc) is 2.57. The molecule has 126 valence electrons. The van der Waals surface area contributed by atoms with Crippen LogP contribution in [0.1, 0.15) is 17.5 Å². The third kappa shape index (κ3) is 4.73. The summed E-state index contributed by atoms with van der Waals surface area (Å²) >= 11 is 6.01. The molecule has 0 fully saturated rings. The number of nitrogens with one attached hydrogen (secondary N) is 2. The number of benzene rings is 2. The highest BCUT2D eigenvalue weighted by molar-refractivity contribution is 6.31. The van der Waals surface area contributed by atoms with Crippen molar-refractivity contribution in [2.75, 3.05) is 12.4 Å². The Hall–Kier alpha value is -2.53. The third-order valence-electron chi connectivity index (χ3n) is 3.53. The number of ether oxygens (including phenoxy) is 1. The zero-order chi connectivity index (χ0) is 17.5.